The van der Waals surface area contributed by atoms with Crippen molar-refractivity contribution in [3.05, 3.63) is 18.2 Å². The van der Waals surface area contributed by atoms with E-state index in [2.05, 4.69) is 23.2 Å². The molecular weight excluding hydrogens is 224 g/mol. The van der Waals surface area contributed by atoms with Crippen LogP contribution in [0.15, 0.2) is 18.2 Å². The SMILES string of the molecule is CCN1c2c(O)cccc2NCC12CCCCC2. The summed E-state index contributed by atoms with van der Waals surface area (Å²) in [4.78, 5) is 2.44. The molecule has 18 heavy (non-hydrogen) atoms. The van der Waals surface area contributed by atoms with E-state index in [1.54, 1.807) is 6.07 Å². The first-order valence-electron chi connectivity index (χ1n) is 7.10. The topological polar surface area (TPSA) is 35.5 Å². The summed E-state index contributed by atoms with van der Waals surface area (Å²) in [5.41, 5.74) is 2.31. The van der Waals surface area contributed by atoms with Crippen molar-refractivity contribution in [2.75, 3.05) is 23.3 Å². The van der Waals surface area contributed by atoms with E-state index in [0.717, 1.165) is 24.5 Å². The molecule has 1 fully saturated rings. The van der Waals surface area contributed by atoms with E-state index in [9.17, 15) is 5.11 Å². The van der Waals surface area contributed by atoms with Gasteiger partial charge in [0, 0.05) is 13.1 Å². The Labute approximate surface area is 109 Å². The van der Waals surface area contributed by atoms with Crippen LogP contribution in [0.2, 0.25) is 0 Å². The number of likely N-dealkylation sites (N-methyl/N-ethyl adjacent to an activating group) is 1. The van der Waals surface area contributed by atoms with Gasteiger partial charge in [-0.1, -0.05) is 25.3 Å². The first-order valence-corrected chi connectivity index (χ1v) is 7.10. The Morgan fingerprint density at radius 1 is 1.28 bits per heavy atom. The first kappa shape index (κ1) is 11.7. The van der Waals surface area contributed by atoms with E-state index in [1.165, 1.54) is 32.1 Å². The van der Waals surface area contributed by atoms with Gasteiger partial charge in [-0.25, -0.2) is 0 Å². The van der Waals surface area contributed by atoms with Crippen LogP contribution >= 0.6 is 0 Å². The zero-order valence-electron chi connectivity index (χ0n) is 11.1. The molecule has 2 N–H and O–H groups in total. The molecule has 1 aromatic carbocycles. The number of phenolic OH excluding ortho intramolecular Hbond substituents is 1. The molecule has 0 aromatic heterocycles. The van der Waals surface area contributed by atoms with Gasteiger partial charge in [-0.2, -0.15) is 0 Å². The van der Waals surface area contributed by atoms with Crippen LogP contribution in [0.3, 0.4) is 0 Å². The number of aromatic hydroxyl groups is 1. The number of hydrogen-bond donors (Lipinski definition) is 2. The summed E-state index contributed by atoms with van der Waals surface area (Å²) in [6.07, 6.45) is 6.44. The summed E-state index contributed by atoms with van der Waals surface area (Å²) >= 11 is 0. The highest BCUT2D eigenvalue weighted by molar-refractivity contribution is 5.79. The lowest BCUT2D eigenvalue weighted by Crippen LogP contribution is -2.57. The summed E-state index contributed by atoms with van der Waals surface area (Å²) in [7, 11) is 0. The third kappa shape index (κ3) is 1.64. The number of para-hydroxylation sites is 1. The highest BCUT2D eigenvalue weighted by Gasteiger charge is 2.41. The van der Waals surface area contributed by atoms with Crippen LogP contribution in [0.5, 0.6) is 5.75 Å². The lowest BCUT2D eigenvalue weighted by Gasteiger charge is -2.51. The Hall–Kier alpha value is -1.38. The Morgan fingerprint density at radius 2 is 2.06 bits per heavy atom. The van der Waals surface area contributed by atoms with Gasteiger partial charge in [0.05, 0.1) is 11.2 Å². The van der Waals surface area contributed by atoms with Crippen LogP contribution in [-0.2, 0) is 0 Å². The molecule has 0 atom stereocenters. The second-order valence-corrected chi connectivity index (χ2v) is 5.56. The maximum absolute atomic E-state index is 10.2. The van der Waals surface area contributed by atoms with E-state index in [-0.39, 0.29) is 5.54 Å². The van der Waals surface area contributed by atoms with Crippen LogP contribution in [0.1, 0.15) is 39.0 Å². The summed E-state index contributed by atoms with van der Waals surface area (Å²) < 4.78 is 0. The van der Waals surface area contributed by atoms with Gasteiger partial charge < -0.3 is 15.3 Å². The highest BCUT2D eigenvalue weighted by Crippen LogP contribution is 2.46. The number of anilines is 2. The number of nitrogens with one attached hydrogen (secondary N) is 1. The van der Waals surface area contributed by atoms with E-state index in [0.29, 0.717) is 5.75 Å². The van der Waals surface area contributed by atoms with Crippen LogP contribution in [0, 0.1) is 0 Å². The largest absolute Gasteiger partial charge is 0.506 e. The fourth-order valence-corrected chi connectivity index (χ4v) is 3.70. The van der Waals surface area contributed by atoms with Gasteiger partial charge >= 0.3 is 0 Å². The summed E-state index contributed by atoms with van der Waals surface area (Å²) in [6, 6.07) is 5.77. The quantitative estimate of drug-likeness (QED) is 0.797. The molecule has 1 saturated carbocycles. The predicted octanol–water partition coefficient (Wildman–Crippen LogP) is 3.35. The number of fused-ring (bicyclic) bond motifs is 1. The smallest absolute Gasteiger partial charge is 0.141 e. The lowest BCUT2D eigenvalue weighted by molar-refractivity contribution is 0.283. The Kier molecular flexibility index (Phi) is 2.84. The number of nitrogens with zero attached hydrogens (tertiary/aromatic N) is 1. The number of phenols is 1. The molecule has 1 aromatic rings. The predicted molar refractivity (Wildman–Crippen MR) is 75.4 cm³/mol. The molecule has 1 heterocycles. The van der Waals surface area contributed by atoms with Crippen molar-refractivity contribution in [2.24, 2.45) is 0 Å². The fourth-order valence-electron chi connectivity index (χ4n) is 3.70. The lowest BCUT2D eigenvalue weighted by atomic mass is 9.78. The summed E-state index contributed by atoms with van der Waals surface area (Å²) in [5.74, 6) is 0.409. The second-order valence-electron chi connectivity index (χ2n) is 5.56. The van der Waals surface area contributed by atoms with Gasteiger partial charge in [0.2, 0.25) is 0 Å². The average molecular weight is 246 g/mol. The van der Waals surface area contributed by atoms with Gasteiger partial charge in [0.1, 0.15) is 11.4 Å². The second kappa shape index (κ2) is 4.38. The molecule has 0 unspecified atom stereocenters. The van der Waals surface area contributed by atoms with E-state index in [4.69, 9.17) is 0 Å². The molecule has 3 nitrogen and oxygen atoms in total. The van der Waals surface area contributed by atoms with E-state index in [1.807, 2.05) is 6.07 Å². The minimum atomic E-state index is 0.221. The van der Waals surface area contributed by atoms with Crippen molar-refractivity contribution in [1.82, 2.24) is 0 Å². The number of hydrogen-bond acceptors (Lipinski definition) is 3. The molecule has 0 radical (unpaired) electrons. The minimum absolute atomic E-state index is 0.221. The summed E-state index contributed by atoms with van der Waals surface area (Å²) in [6.45, 7) is 4.17. The molecular formula is C15H22N2O. The highest BCUT2D eigenvalue weighted by atomic mass is 16.3. The molecule has 0 saturated heterocycles. The molecule has 3 heteroatoms. The Balaban J connectivity index is 2.04. The van der Waals surface area contributed by atoms with Gasteiger partial charge in [0.15, 0.2) is 0 Å². The fraction of sp³-hybridized carbons (Fsp3) is 0.600. The zero-order valence-corrected chi connectivity index (χ0v) is 11.1. The third-order valence-corrected chi connectivity index (χ3v) is 4.57. The average Bonchev–Trinajstić information content (AvgIpc) is 2.41. The molecule has 1 spiro atoms. The minimum Gasteiger partial charge on any atom is -0.506 e. The van der Waals surface area contributed by atoms with Crippen molar-refractivity contribution in [3.8, 4) is 5.75 Å². The zero-order chi connectivity index (χ0) is 12.6. The first-order chi connectivity index (χ1) is 8.77. The molecule has 1 aliphatic heterocycles. The molecule has 2 aliphatic rings. The van der Waals surface area contributed by atoms with Crippen LogP contribution in [0.25, 0.3) is 0 Å². The Morgan fingerprint density at radius 3 is 2.78 bits per heavy atom. The Bertz CT molecular complexity index is 438. The number of benzene rings is 1. The van der Waals surface area contributed by atoms with Crippen LogP contribution < -0.4 is 10.2 Å². The van der Waals surface area contributed by atoms with Crippen molar-refractivity contribution in [2.45, 2.75) is 44.6 Å². The monoisotopic (exact) mass is 246 g/mol. The van der Waals surface area contributed by atoms with Crippen molar-refractivity contribution in [3.63, 3.8) is 0 Å². The molecule has 0 amide bonds. The standard InChI is InChI=1S/C15H22N2O/c1-2-17-14-12(7-6-8-13(14)18)16-11-15(17)9-4-3-5-10-15/h6-8,16,18H,2-5,9-11H2,1H3. The molecule has 1 aliphatic carbocycles. The van der Waals surface area contributed by atoms with Gasteiger partial charge in [-0.3, -0.25) is 0 Å². The van der Waals surface area contributed by atoms with Crippen LogP contribution in [0.4, 0.5) is 11.4 Å². The van der Waals surface area contributed by atoms with Gasteiger partial charge in [0.25, 0.3) is 0 Å². The normalized spacial score (nSPS) is 21.5. The summed E-state index contributed by atoms with van der Waals surface area (Å²) in [5, 5.41) is 13.7. The molecule has 98 valence electrons. The van der Waals surface area contributed by atoms with Crippen molar-refractivity contribution >= 4 is 11.4 Å². The van der Waals surface area contributed by atoms with Gasteiger partial charge in [-0.05, 0) is 31.9 Å². The van der Waals surface area contributed by atoms with Gasteiger partial charge in [-0.15, -0.1) is 0 Å². The maximum Gasteiger partial charge on any atom is 0.141 e. The maximum atomic E-state index is 10.2. The van der Waals surface area contributed by atoms with Crippen molar-refractivity contribution < 1.29 is 5.11 Å². The third-order valence-electron chi connectivity index (χ3n) is 4.57. The van der Waals surface area contributed by atoms with E-state index >= 15 is 0 Å². The van der Waals surface area contributed by atoms with Crippen molar-refractivity contribution in [1.29, 1.82) is 0 Å². The molecule has 0 bridgehead atoms. The van der Waals surface area contributed by atoms with Crippen LogP contribution in [-0.4, -0.2) is 23.7 Å². The molecule has 3 rings (SSSR count). The number of rotatable bonds is 1. The van der Waals surface area contributed by atoms with E-state index < -0.39 is 0 Å².